The van der Waals surface area contributed by atoms with Crippen LogP contribution in [0, 0.1) is 5.92 Å². The van der Waals surface area contributed by atoms with Crippen molar-refractivity contribution in [2.75, 3.05) is 38.5 Å². The van der Waals surface area contributed by atoms with E-state index >= 15 is 0 Å². The van der Waals surface area contributed by atoms with E-state index in [4.69, 9.17) is 11.5 Å². The highest BCUT2D eigenvalue weighted by Gasteiger charge is 2.35. The van der Waals surface area contributed by atoms with Crippen molar-refractivity contribution in [2.45, 2.75) is 24.7 Å². The topological polar surface area (TPSA) is 133 Å². The van der Waals surface area contributed by atoms with Crippen LogP contribution in [-0.2, 0) is 4.79 Å². The van der Waals surface area contributed by atoms with Gasteiger partial charge in [0.05, 0.1) is 36.3 Å². The van der Waals surface area contributed by atoms with Crippen LogP contribution in [0.15, 0.2) is 18.5 Å². The molecule has 1 amide bonds. The van der Waals surface area contributed by atoms with Crippen LogP contribution in [0.5, 0.6) is 0 Å². The first-order valence-electron chi connectivity index (χ1n) is 8.77. The molecule has 2 fully saturated rings. The third-order valence-corrected chi connectivity index (χ3v) is 4.85. The molecule has 3 heterocycles. The SMILES string of the molecule is CN1CCNC1c1ccncc1NC(=O)C(C(N)N)C1NCC(F)CN1. The molecule has 9 nitrogen and oxygen atoms in total. The fourth-order valence-corrected chi connectivity index (χ4v) is 3.43. The van der Waals surface area contributed by atoms with Crippen LogP contribution in [0.25, 0.3) is 0 Å². The summed E-state index contributed by atoms with van der Waals surface area (Å²) in [5.74, 6) is -1.10. The van der Waals surface area contributed by atoms with Crippen molar-refractivity contribution in [1.29, 1.82) is 0 Å². The van der Waals surface area contributed by atoms with Crippen LogP contribution >= 0.6 is 0 Å². The number of nitrogens with one attached hydrogen (secondary N) is 4. The van der Waals surface area contributed by atoms with E-state index in [0.29, 0.717) is 5.69 Å². The number of pyridine rings is 1. The lowest BCUT2D eigenvalue weighted by molar-refractivity contribution is -0.122. The summed E-state index contributed by atoms with van der Waals surface area (Å²) in [4.78, 5) is 19.1. The van der Waals surface area contributed by atoms with E-state index in [0.717, 1.165) is 18.7 Å². The molecule has 1 aromatic rings. The number of aromatic nitrogens is 1. The van der Waals surface area contributed by atoms with Crippen molar-refractivity contribution in [3.8, 4) is 0 Å². The van der Waals surface area contributed by atoms with Gasteiger partial charge in [0, 0.05) is 37.9 Å². The Morgan fingerprint density at radius 3 is 2.73 bits per heavy atom. The molecule has 0 radical (unpaired) electrons. The maximum atomic E-state index is 13.3. The molecule has 144 valence electrons. The molecule has 8 N–H and O–H groups in total. The zero-order valence-corrected chi connectivity index (χ0v) is 14.8. The lowest BCUT2D eigenvalue weighted by Crippen LogP contribution is -2.64. The maximum absolute atomic E-state index is 13.3. The van der Waals surface area contributed by atoms with Gasteiger partial charge in [0.15, 0.2) is 0 Å². The number of alkyl halides is 1. The zero-order valence-electron chi connectivity index (χ0n) is 14.8. The van der Waals surface area contributed by atoms with Gasteiger partial charge in [0.25, 0.3) is 0 Å². The summed E-state index contributed by atoms with van der Waals surface area (Å²) in [5, 5.41) is 12.2. The highest BCUT2D eigenvalue weighted by molar-refractivity contribution is 5.94. The van der Waals surface area contributed by atoms with E-state index in [1.54, 1.807) is 12.4 Å². The van der Waals surface area contributed by atoms with Gasteiger partial charge in [-0.3, -0.25) is 30.6 Å². The third kappa shape index (κ3) is 4.17. The number of anilines is 1. The Morgan fingerprint density at radius 2 is 2.12 bits per heavy atom. The number of nitrogens with zero attached hydrogens (tertiary/aromatic N) is 2. The molecular formula is C16H27FN8O. The predicted molar refractivity (Wildman–Crippen MR) is 96.6 cm³/mol. The van der Waals surface area contributed by atoms with E-state index in [-0.39, 0.29) is 25.2 Å². The first kappa shape index (κ1) is 19.1. The molecule has 0 aliphatic carbocycles. The standard InChI is InChI=1S/C16H27FN8O/c1-25-5-4-21-15(25)10-2-3-20-8-11(10)24-16(26)12(13(18)19)14-22-6-9(17)7-23-14/h2-3,8-9,12-15,21-23H,4-7,18-19H2,1H3,(H,24,26). The molecule has 0 saturated carbocycles. The monoisotopic (exact) mass is 366 g/mol. The molecule has 26 heavy (non-hydrogen) atoms. The molecule has 0 aromatic carbocycles. The summed E-state index contributed by atoms with van der Waals surface area (Å²) in [6.45, 7) is 2.09. The molecule has 2 unspecified atom stereocenters. The van der Waals surface area contributed by atoms with E-state index < -0.39 is 24.4 Å². The minimum Gasteiger partial charge on any atom is -0.324 e. The second-order valence-electron chi connectivity index (χ2n) is 6.78. The summed E-state index contributed by atoms with van der Waals surface area (Å²) in [6, 6.07) is 1.87. The molecule has 2 atom stereocenters. The molecular weight excluding hydrogens is 339 g/mol. The van der Waals surface area contributed by atoms with Crippen molar-refractivity contribution in [3.63, 3.8) is 0 Å². The summed E-state index contributed by atoms with van der Waals surface area (Å²) >= 11 is 0. The van der Waals surface area contributed by atoms with Crippen molar-refractivity contribution >= 4 is 11.6 Å². The van der Waals surface area contributed by atoms with Gasteiger partial charge >= 0.3 is 0 Å². The first-order chi connectivity index (χ1) is 12.5. The molecule has 2 aliphatic rings. The van der Waals surface area contributed by atoms with E-state index in [2.05, 4.69) is 31.2 Å². The number of rotatable bonds is 5. The number of amides is 1. The minimum atomic E-state index is -1.00. The van der Waals surface area contributed by atoms with Crippen LogP contribution in [0.4, 0.5) is 10.1 Å². The molecule has 0 spiro atoms. The van der Waals surface area contributed by atoms with Crippen molar-refractivity contribution < 1.29 is 9.18 Å². The Morgan fingerprint density at radius 1 is 1.38 bits per heavy atom. The van der Waals surface area contributed by atoms with Crippen LogP contribution in [0.2, 0.25) is 0 Å². The number of carbonyl (C=O) groups excluding carboxylic acids is 1. The van der Waals surface area contributed by atoms with Gasteiger partial charge in [-0.25, -0.2) is 4.39 Å². The molecule has 2 saturated heterocycles. The smallest absolute Gasteiger partial charge is 0.233 e. The highest BCUT2D eigenvalue weighted by atomic mass is 19.1. The Hall–Kier alpha value is -1.69. The third-order valence-electron chi connectivity index (χ3n) is 4.85. The Labute approximate surface area is 152 Å². The Balaban J connectivity index is 1.75. The normalized spacial score (nSPS) is 28.3. The quantitative estimate of drug-likeness (QED) is 0.339. The van der Waals surface area contributed by atoms with Crippen LogP contribution in [-0.4, -0.2) is 67.5 Å². The number of carbonyl (C=O) groups is 1. The van der Waals surface area contributed by atoms with E-state index in [1.165, 1.54) is 0 Å². The van der Waals surface area contributed by atoms with Crippen LogP contribution in [0.3, 0.4) is 0 Å². The molecule has 1 aromatic heterocycles. The molecule has 10 heteroatoms. The predicted octanol–water partition coefficient (Wildman–Crippen LogP) is -1.73. The number of nitrogens with two attached hydrogens (primary N) is 2. The highest BCUT2D eigenvalue weighted by Crippen LogP contribution is 2.27. The van der Waals surface area contributed by atoms with Gasteiger partial charge < -0.3 is 16.8 Å². The molecule has 0 bridgehead atoms. The summed E-state index contributed by atoms with van der Waals surface area (Å²) < 4.78 is 13.3. The van der Waals surface area contributed by atoms with E-state index in [9.17, 15) is 9.18 Å². The molecule has 2 aliphatic heterocycles. The average molecular weight is 366 g/mol. The lowest BCUT2D eigenvalue weighted by atomic mass is 9.99. The fraction of sp³-hybridized carbons (Fsp3) is 0.625. The lowest BCUT2D eigenvalue weighted by Gasteiger charge is -2.34. The van der Waals surface area contributed by atoms with Crippen molar-refractivity contribution in [3.05, 3.63) is 24.0 Å². The van der Waals surface area contributed by atoms with Gasteiger partial charge in [0.1, 0.15) is 6.17 Å². The zero-order chi connectivity index (χ0) is 18.7. The summed E-state index contributed by atoms with van der Waals surface area (Å²) in [7, 11) is 2.01. The van der Waals surface area contributed by atoms with Crippen molar-refractivity contribution in [1.82, 2.24) is 25.8 Å². The summed E-state index contributed by atoms with van der Waals surface area (Å²) in [5.41, 5.74) is 13.2. The van der Waals surface area contributed by atoms with Gasteiger partial charge in [-0.1, -0.05) is 0 Å². The van der Waals surface area contributed by atoms with Crippen molar-refractivity contribution in [2.24, 2.45) is 17.4 Å². The molecule has 3 rings (SSSR count). The second-order valence-corrected chi connectivity index (χ2v) is 6.78. The van der Waals surface area contributed by atoms with Crippen LogP contribution in [0.1, 0.15) is 11.7 Å². The second kappa shape index (κ2) is 8.33. The Kier molecular flexibility index (Phi) is 6.12. The number of likely N-dealkylation sites (N-methyl/N-ethyl adjacent to an activating group) is 1. The van der Waals surface area contributed by atoms with Crippen LogP contribution < -0.4 is 32.7 Å². The van der Waals surface area contributed by atoms with Gasteiger partial charge in [-0.05, 0) is 13.1 Å². The number of halogens is 1. The largest absolute Gasteiger partial charge is 0.324 e. The first-order valence-corrected chi connectivity index (χ1v) is 8.77. The van der Waals surface area contributed by atoms with Gasteiger partial charge in [-0.2, -0.15) is 0 Å². The number of hydrogen-bond donors (Lipinski definition) is 6. The summed E-state index contributed by atoms with van der Waals surface area (Å²) in [6.07, 6.45) is 0.906. The number of hydrogen-bond acceptors (Lipinski definition) is 8. The Bertz CT molecular complexity index is 622. The fourth-order valence-electron chi connectivity index (χ4n) is 3.43. The maximum Gasteiger partial charge on any atom is 0.233 e. The van der Waals surface area contributed by atoms with Gasteiger partial charge in [0.2, 0.25) is 5.91 Å². The minimum absolute atomic E-state index is 0.00322. The van der Waals surface area contributed by atoms with Gasteiger partial charge in [-0.15, -0.1) is 0 Å². The average Bonchev–Trinajstić information content (AvgIpc) is 3.03. The van der Waals surface area contributed by atoms with E-state index in [1.807, 2.05) is 13.1 Å².